The van der Waals surface area contributed by atoms with Crippen molar-refractivity contribution in [2.75, 3.05) is 20.3 Å². The Morgan fingerprint density at radius 3 is 3.00 bits per heavy atom. The van der Waals surface area contributed by atoms with Crippen molar-refractivity contribution in [1.29, 1.82) is 0 Å². The molecule has 0 amide bonds. The highest BCUT2D eigenvalue weighted by Gasteiger charge is 2.15. The normalized spacial score (nSPS) is 11.1. The van der Waals surface area contributed by atoms with Crippen molar-refractivity contribution in [1.82, 2.24) is 9.88 Å². The molecule has 0 aliphatic rings. The van der Waals surface area contributed by atoms with Crippen molar-refractivity contribution in [3.05, 3.63) is 36.9 Å². The average molecular weight is 318 g/mol. The monoisotopic (exact) mass is 318 g/mol. The van der Waals surface area contributed by atoms with Gasteiger partial charge in [-0.3, -0.25) is 0 Å². The number of aromatic nitrogens is 1. The number of hydrogen-bond donors (Lipinski definition) is 2. The number of nitrogens with one attached hydrogen (secondary N) is 1. The van der Waals surface area contributed by atoms with Gasteiger partial charge in [0.25, 0.3) is 0 Å². The van der Waals surface area contributed by atoms with E-state index < -0.39 is 0 Å². The molecule has 0 bridgehead atoms. The third-order valence-corrected chi connectivity index (χ3v) is 3.28. The molecule has 116 valence electrons. The summed E-state index contributed by atoms with van der Waals surface area (Å²) in [7, 11) is 1.61. The van der Waals surface area contributed by atoms with Gasteiger partial charge in [0, 0.05) is 25.6 Å². The van der Waals surface area contributed by atoms with Gasteiger partial charge in [-0.05, 0) is 18.3 Å². The number of ether oxygens (including phenoxy) is 1. The Kier molecular flexibility index (Phi) is 5.62. The van der Waals surface area contributed by atoms with E-state index in [0.29, 0.717) is 25.4 Å². The smallest absolute Gasteiger partial charge is 0.221 e. The Labute approximate surface area is 134 Å². The number of nitrogens with zero attached hydrogens (tertiary/aromatic N) is 3. The minimum absolute atomic E-state index is 0.0459. The first kappa shape index (κ1) is 16.1. The minimum Gasteiger partial charge on any atom is -0.493 e. The number of methoxy groups -OCH3 is 1. The topological polar surface area (TPSA) is 71.1 Å². The fourth-order valence-electron chi connectivity index (χ4n) is 2.07. The lowest BCUT2D eigenvalue weighted by atomic mass is 10.2. The van der Waals surface area contributed by atoms with Gasteiger partial charge in [-0.25, -0.2) is 0 Å². The second-order valence-corrected chi connectivity index (χ2v) is 4.90. The molecule has 2 rings (SSSR count). The van der Waals surface area contributed by atoms with Crippen LogP contribution in [0.5, 0.6) is 5.88 Å². The summed E-state index contributed by atoms with van der Waals surface area (Å²) in [5.74, 6) is 0.0459. The van der Waals surface area contributed by atoms with Crippen molar-refractivity contribution in [3.8, 4) is 5.88 Å². The summed E-state index contributed by atoms with van der Waals surface area (Å²) >= 11 is 5.06. The van der Waals surface area contributed by atoms with E-state index in [1.165, 1.54) is 0 Å². The lowest BCUT2D eigenvalue weighted by Gasteiger charge is -2.02. The molecule has 0 aliphatic carbocycles. The summed E-state index contributed by atoms with van der Waals surface area (Å²) < 4.78 is 6.64. The van der Waals surface area contributed by atoms with Gasteiger partial charge in [0.1, 0.15) is 0 Å². The van der Waals surface area contributed by atoms with Crippen molar-refractivity contribution in [2.24, 2.45) is 10.2 Å². The molecular formula is C15H18N4O2S. The average Bonchev–Trinajstić information content (AvgIpc) is 2.79. The molecular weight excluding hydrogens is 300 g/mol. The highest BCUT2D eigenvalue weighted by molar-refractivity contribution is 7.80. The minimum atomic E-state index is 0.0459. The van der Waals surface area contributed by atoms with Crippen LogP contribution in [0, 0.1) is 0 Å². The first-order valence-corrected chi connectivity index (χ1v) is 7.19. The number of fused-ring (bicyclic) bond motifs is 1. The summed E-state index contributed by atoms with van der Waals surface area (Å²) in [6.07, 6.45) is 1.71. The Hall–Kier alpha value is -2.25. The molecule has 0 saturated heterocycles. The van der Waals surface area contributed by atoms with E-state index in [0.717, 1.165) is 10.9 Å². The number of benzene rings is 1. The van der Waals surface area contributed by atoms with E-state index in [1.807, 2.05) is 24.3 Å². The third kappa shape index (κ3) is 3.49. The van der Waals surface area contributed by atoms with Crippen molar-refractivity contribution in [2.45, 2.75) is 6.54 Å². The zero-order valence-corrected chi connectivity index (χ0v) is 13.1. The van der Waals surface area contributed by atoms with Crippen LogP contribution in [0.1, 0.15) is 0 Å². The second kappa shape index (κ2) is 7.67. The van der Waals surface area contributed by atoms with Crippen LogP contribution < -0.4 is 5.32 Å². The van der Waals surface area contributed by atoms with Gasteiger partial charge in [-0.2, -0.15) is 0 Å². The molecule has 0 atom stereocenters. The fourth-order valence-corrected chi connectivity index (χ4v) is 2.22. The summed E-state index contributed by atoms with van der Waals surface area (Å²) in [5, 5.41) is 22.3. The zero-order valence-electron chi connectivity index (χ0n) is 12.3. The number of aromatic hydroxyl groups is 1. The third-order valence-electron chi connectivity index (χ3n) is 3.05. The molecule has 1 aromatic heterocycles. The first-order valence-electron chi connectivity index (χ1n) is 6.78. The molecule has 0 radical (unpaired) electrons. The molecule has 22 heavy (non-hydrogen) atoms. The maximum Gasteiger partial charge on any atom is 0.221 e. The van der Waals surface area contributed by atoms with Crippen LogP contribution in [0.15, 0.2) is 47.1 Å². The fraction of sp³-hybridized carbons (Fsp3) is 0.267. The molecule has 2 aromatic rings. The number of thiocarbonyl (C=S) groups is 1. The van der Waals surface area contributed by atoms with Gasteiger partial charge in [0.15, 0.2) is 5.69 Å². The lowest BCUT2D eigenvalue weighted by molar-refractivity contribution is 0.204. The van der Waals surface area contributed by atoms with Gasteiger partial charge in [0.2, 0.25) is 11.0 Å². The second-order valence-electron chi connectivity index (χ2n) is 4.51. The number of allylic oxidation sites excluding steroid dienone is 1. The zero-order chi connectivity index (χ0) is 15.9. The Bertz CT molecular complexity index is 709. The Morgan fingerprint density at radius 1 is 1.50 bits per heavy atom. The van der Waals surface area contributed by atoms with Gasteiger partial charge in [0.05, 0.1) is 12.1 Å². The molecule has 1 heterocycles. The van der Waals surface area contributed by atoms with E-state index in [-0.39, 0.29) is 11.0 Å². The van der Waals surface area contributed by atoms with Gasteiger partial charge in [-0.1, -0.05) is 24.3 Å². The molecule has 2 N–H and O–H groups in total. The molecule has 0 aliphatic heterocycles. The van der Waals surface area contributed by atoms with Crippen LogP contribution in [0.4, 0.5) is 5.69 Å². The largest absolute Gasteiger partial charge is 0.493 e. The van der Waals surface area contributed by atoms with Crippen molar-refractivity contribution >= 4 is 33.9 Å². The highest BCUT2D eigenvalue weighted by atomic mass is 32.1. The molecule has 6 nitrogen and oxygen atoms in total. The van der Waals surface area contributed by atoms with E-state index in [1.54, 1.807) is 17.8 Å². The van der Waals surface area contributed by atoms with Crippen LogP contribution in [0.2, 0.25) is 0 Å². The predicted octanol–water partition coefficient (Wildman–Crippen LogP) is 3.14. The number of azo groups is 1. The summed E-state index contributed by atoms with van der Waals surface area (Å²) in [6.45, 7) is 5.27. The summed E-state index contributed by atoms with van der Waals surface area (Å²) in [6, 6.07) is 7.57. The molecule has 0 saturated carbocycles. The van der Waals surface area contributed by atoms with Crippen LogP contribution in [0.25, 0.3) is 10.9 Å². The van der Waals surface area contributed by atoms with Crippen LogP contribution in [-0.2, 0) is 11.3 Å². The van der Waals surface area contributed by atoms with E-state index in [9.17, 15) is 5.11 Å². The summed E-state index contributed by atoms with van der Waals surface area (Å²) in [5.41, 5.74) is 1.26. The standard InChI is InChI=1S/C15H18N4O2S/c1-3-9-19-12-7-5-4-6-11(12)13(14(19)20)17-18-15(22)16-8-10-21-2/h3-7,20H,1,8-10H2,2H3,(H,16,22). The Balaban J connectivity index is 2.29. The maximum absolute atomic E-state index is 10.3. The van der Waals surface area contributed by atoms with Gasteiger partial charge < -0.3 is 19.7 Å². The van der Waals surface area contributed by atoms with Crippen LogP contribution in [0.3, 0.4) is 0 Å². The molecule has 0 unspecified atom stereocenters. The van der Waals surface area contributed by atoms with E-state index >= 15 is 0 Å². The van der Waals surface area contributed by atoms with E-state index in [2.05, 4.69) is 22.1 Å². The SMILES string of the molecule is C=CCn1c(O)c(N=NC(=S)NCCOC)c2ccccc21. The van der Waals surface area contributed by atoms with Gasteiger partial charge in [-0.15, -0.1) is 16.8 Å². The number of hydrogen-bond acceptors (Lipinski definition) is 4. The molecule has 0 fully saturated rings. The van der Waals surface area contributed by atoms with E-state index in [4.69, 9.17) is 17.0 Å². The maximum atomic E-state index is 10.3. The van der Waals surface area contributed by atoms with Gasteiger partial charge >= 0.3 is 0 Å². The molecule has 7 heteroatoms. The van der Waals surface area contributed by atoms with Crippen molar-refractivity contribution in [3.63, 3.8) is 0 Å². The number of rotatable bonds is 6. The Morgan fingerprint density at radius 2 is 2.27 bits per heavy atom. The summed E-state index contributed by atoms with van der Waals surface area (Å²) in [4.78, 5) is 0. The highest BCUT2D eigenvalue weighted by Crippen LogP contribution is 2.38. The first-order chi connectivity index (χ1) is 10.7. The predicted molar refractivity (Wildman–Crippen MR) is 90.8 cm³/mol. The molecule has 1 aromatic carbocycles. The molecule has 0 spiro atoms. The van der Waals surface area contributed by atoms with Crippen molar-refractivity contribution < 1.29 is 9.84 Å². The number of para-hydroxylation sites is 1. The quantitative estimate of drug-likeness (QED) is 0.371. The lowest BCUT2D eigenvalue weighted by Crippen LogP contribution is -2.23. The van der Waals surface area contributed by atoms with Crippen LogP contribution >= 0.6 is 12.2 Å². The van der Waals surface area contributed by atoms with Crippen LogP contribution in [-0.4, -0.2) is 35.0 Å².